The Bertz CT molecular complexity index is 1120. The number of carbonyl (C=O) groups excluding carboxylic acids is 1. The van der Waals surface area contributed by atoms with Gasteiger partial charge in [-0.3, -0.25) is 9.69 Å². The fourth-order valence-corrected chi connectivity index (χ4v) is 4.31. The molecule has 6 nitrogen and oxygen atoms in total. The maximum absolute atomic E-state index is 12.9. The number of carbonyl (C=O) groups is 1. The largest absolute Gasteiger partial charge is 0.455 e. The van der Waals surface area contributed by atoms with Gasteiger partial charge in [0.05, 0.1) is 15.7 Å². The maximum atomic E-state index is 12.9. The molecule has 1 N–H and O–H groups in total. The van der Waals surface area contributed by atoms with E-state index in [9.17, 15) is 4.79 Å². The van der Waals surface area contributed by atoms with E-state index >= 15 is 0 Å². The lowest BCUT2D eigenvalue weighted by Crippen LogP contribution is -2.39. The number of para-hydroxylation sites is 1. The number of benzene rings is 2. The van der Waals surface area contributed by atoms with Gasteiger partial charge >= 0.3 is 0 Å². The molecule has 0 bridgehead atoms. The number of hydrogen-bond donors (Lipinski definition) is 1. The molecule has 1 aliphatic heterocycles. The Kier molecular flexibility index (Phi) is 4.53. The predicted molar refractivity (Wildman–Crippen MR) is 113 cm³/mol. The summed E-state index contributed by atoms with van der Waals surface area (Å²) in [5, 5.41) is 3.93. The quantitative estimate of drug-likeness (QED) is 0.637. The van der Waals surface area contributed by atoms with Gasteiger partial charge in [-0.15, -0.1) is 0 Å². The van der Waals surface area contributed by atoms with Gasteiger partial charge in [0.25, 0.3) is 5.91 Å². The summed E-state index contributed by atoms with van der Waals surface area (Å²) in [6, 6.07) is 11.3. The second-order valence-corrected chi connectivity index (χ2v) is 7.77. The number of halogens is 2. The zero-order valence-corrected chi connectivity index (χ0v) is 16.8. The number of fused-ring (bicyclic) bond motifs is 2. The van der Waals surface area contributed by atoms with Gasteiger partial charge < -0.3 is 10.1 Å². The van der Waals surface area contributed by atoms with Crippen molar-refractivity contribution in [3.8, 4) is 5.88 Å². The summed E-state index contributed by atoms with van der Waals surface area (Å²) in [6.07, 6.45) is 4.87. The number of hydrogen-bond acceptors (Lipinski definition) is 5. The normalized spacial score (nSPS) is 15.0. The number of aryl methyl sites for hydroxylation is 2. The van der Waals surface area contributed by atoms with Crippen LogP contribution in [0.5, 0.6) is 5.88 Å². The number of aromatic nitrogens is 2. The molecule has 5 rings (SSSR count). The monoisotopic (exact) mass is 426 g/mol. The number of anilines is 3. The Hall–Kier alpha value is -2.83. The highest BCUT2D eigenvalue weighted by Gasteiger charge is 2.31. The molecule has 2 aliphatic rings. The maximum Gasteiger partial charge on any atom is 0.268 e. The van der Waals surface area contributed by atoms with Crippen LogP contribution in [0.25, 0.3) is 0 Å². The van der Waals surface area contributed by atoms with E-state index in [0.29, 0.717) is 21.7 Å². The van der Waals surface area contributed by atoms with Crippen molar-refractivity contribution in [2.75, 3.05) is 16.9 Å². The number of rotatable bonds is 3. The minimum atomic E-state index is -0.315. The summed E-state index contributed by atoms with van der Waals surface area (Å²) in [4.78, 5) is 23.0. The smallest absolute Gasteiger partial charge is 0.268 e. The molecule has 146 valence electrons. The van der Waals surface area contributed by atoms with E-state index in [1.807, 2.05) is 6.07 Å². The fraction of sp³-hybridized carbons (Fsp3) is 0.190. The number of amides is 1. The van der Waals surface area contributed by atoms with Gasteiger partial charge in [-0.1, -0.05) is 35.3 Å². The van der Waals surface area contributed by atoms with Gasteiger partial charge in [0.15, 0.2) is 6.73 Å². The highest BCUT2D eigenvalue weighted by Crippen LogP contribution is 2.37. The minimum absolute atomic E-state index is 0.0371. The lowest BCUT2D eigenvalue weighted by molar-refractivity contribution is 0.0932. The molecule has 0 radical (unpaired) electrons. The van der Waals surface area contributed by atoms with E-state index in [-0.39, 0.29) is 24.1 Å². The summed E-state index contributed by atoms with van der Waals surface area (Å²) in [5.41, 5.74) is 4.33. The molecule has 8 heteroatoms. The van der Waals surface area contributed by atoms with Crippen molar-refractivity contribution in [3.63, 3.8) is 0 Å². The summed E-state index contributed by atoms with van der Waals surface area (Å²) in [7, 11) is 0. The fourth-order valence-electron chi connectivity index (χ4n) is 3.70. The van der Waals surface area contributed by atoms with Crippen molar-refractivity contribution in [1.29, 1.82) is 0 Å². The van der Waals surface area contributed by atoms with Gasteiger partial charge in [-0.25, -0.2) is 4.98 Å². The molecule has 0 atom stereocenters. The predicted octanol–water partition coefficient (Wildman–Crippen LogP) is 5.01. The molecule has 29 heavy (non-hydrogen) atoms. The third-order valence-corrected chi connectivity index (χ3v) is 5.73. The van der Waals surface area contributed by atoms with E-state index < -0.39 is 0 Å². The van der Waals surface area contributed by atoms with Gasteiger partial charge in [0, 0.05) is 11.9 Å². The van der Waals surface area contributed by atoms with Crippen LogP contribution in [0.1, 0.15) is 27.9 Å². The SMILES string of the molecule is O=C1c2cnc(Nc3ccc4c(c3)CCC4)nc2OCN1c1c(Cl)cccc1Cl. The highest BCUT2D eigenvalue weighted by atomic mass is 35.5. The van der Waals surface area contributed by atoms with Crippen LogP contribution >= 0.6 is 23.2 Å². The molecule has 1 aliphatic carbocycles. The third kappa shape index (κ3) is 3.28. The zero-order valence-electron chi connectivity index (χ0n) is 15.3. The Balaban J connectivity index is 1.41. The first-order chi connectivity index (χ1) is 14.1. The van der Waals surface area contributed by atoms with Crippen LogP contribution in [0.2, 0.25) is 10.0 Å². The molecule has 0 saturated carbocycles. The minimum Gasteiger partial charge on any atom is -0.455 e. The standard InChI is InChI=1S/C21H16Cl2N4O2/c22-16-5-2-6-17(23)18(16)27-11-29-19-15(20(27)28)10-24-21(26-19)25-14-8-7-12-3-1-4-13(12)9-14/h2,5-10H,1,3-4,11H2,(H,24,25,26). The third-order valence-electron chi connectivity index (χ3n) is 5.12. The lowest BCUT2D eigenvalue weighted by atomic mass is 10.1. The average Bonchev–Trinajstić information content (AvgIpc) is 3.17. The van der Waals surface area contributed by atoms with Gasteiger partial charge in [-0.05, 0) is 54.7 Å². The second kappa shape index (κ2) is 7.21. The van der Waals surface area contributed by atoms with E-state index in [1.54, 1.807) is 18.2 Å². The van der Waals surface area contributed by atoms with Crippen molar-refractivity contribution >= 4 is 46.4 Å². The Morgan fingerprint density at radius 1 is 1.07 bits per heavy atom. The first kappa shape index (κ1) is 18.2. The number of nitrogens with one attached hydrogen (secondary N) is 1. The molecule has 0 spiro atoms. The summed E-state index contributed by atoms with van der Waals surface area (Å²) >= 11 is 12.5. The molecule has 0 unspecified atom stereocenters. The van der Waals surface area contributed by atoms with Crippen molar-refractivity contribution < 1.29 is 9.53 Å². The first-order valence-corrected chi connectivity index (χ1v) is 10.0. The van der Waals surface area contributed by atoms with Crippen LogP contribution < -0.4 is 15.0 Å². The summed E-state index contributed by atoms with van der Waals surface area (Å²) < 4.78 is 5.72. The molecule has 0 saturated heterocycles. The summed E-state index contributed by atoms with van der Waals surface area (Å²) in [6.45, 7) is -0.0371. The zero-order chi connectivity index (χ0) is 20.0. The molecular weight excluding hydrogens is 411 g/mol. The molecular formula is C21H16Cl2N4O2. The van der Waals surface area contributed by atoms with Gasteiger partial charge in [-0.2, -0.15) is 4.98 Å². The van der Waals surface area contributed by atoms with Crippen LogP contribution in [0.4, 0.5) is 17.3 Å². The van der Waals surface area contributed by atoms with E-state index in [4.69, 9.17) is 27.9 Å². The Morgan fingerprint density at radius 3 is 2.69 bits per heavy atom. The molecule has 3 aromatic rings. The molecule has 1 aromatic heterocycles. The highest BCUT2D eigenvalue weighted by molar-refractivity contribution is 6.40. The van der Waals surface area contributed by atoms with Crippen molar-refractivity contribution in [2.45, 2.75) is 19.3 Å². The van der Waals surface area contributed by atoms with Crippen LogP contribution in [0, 0.1) is 0 Å². The molecule has 2 aromatic carbocycles. The molecule has 0 fully saturated rings. The Morgan fingerprint density at radius 2 is 1.86 bits per heavy atom. The first-order valence-electron chi connectivity index (χ1n) is 9.25. The van der Waals surface area contributed by atoms with Gasteiger partial charge in [0.2, 0.25) is 11.8 Å². The Labute approximate surface area is 177 Å². The number of nitrogens with zero attached hydrogens (tertiary/aromatic N) is 3. The van der Waals surface area contributed by atoms with Crippen molar-refractivity contribution in [1.82, 2.24) is 9.97 Å². The van der Waals surface area contributed by atoms with Crippen LogP contribution in [0.15, 0.2) is 42.6 Å². The molecule has 2 heterocycles. The van der Waals surface area contributed by atoms with Crippen molar-refractivity contribution in [3.05, 3.63) is 69.3 Å². The average molecular weight is 427 g/mol. The summed E-state index contributed by atoms with van der Waals surface area (Å²) in [5.74, 6) is 0.289. The van der Waals surface area contributed by atoms with Gasteiger partial charge in [0.1, 0.15) is 5.56 Å². The number of ether oxygens (including phenoxy) is 1. The van der Waals surface area contributed by atoms with Crippen LogP contribution in [0.3, 0.4) is 0 Å². The topological polar surface area (TPSA) is 67.3 Å². The van der Waals surface area contributed by atoms with Crippen LogP contribution in [-0.4, -0.2) is 22.6 Å². The van der Waals surface area contributed by atoms with E-state index in [2.05, 4.69) is 27.4 Å². The molecule has 1 amide bonds. The second-order valence-electron chi connectivity index (χ2n) is 6.95. The van der Waals surface area contributed by atoms with E-state index in [1.165, 1.54) is 28.6 Å². The van der Waals surface area contributed by atoms with Crippen molar-refractivity contribution in [2.24, 2.45) is 0 Å². The van der Waals surface area contributed by atoms with E-state index in [0.717, 1.165) is 18.5 Å². The van der Waals surface area contributed by atoms with Crippen LogP contribution in [-0.2, 0) is 12.8 Å². The lowest BCUT2D eigenvalue weighted by Gasteiger charge is -2.29.